The molecular weight excluding hydrogens is 394 g/mol. The number of quaternary nitrogens is 1. The molecule has 0 radical (unpaired) electrons. The number of hydrogen-bond acceptors (Lipinski definition) is 4. The second-order valence-electron chi connectivity index (χ2n) is 10.4. The van der Waals surface area contributed by atoms with Crippen molar-refractivity contribution >= 4 is 12.2 Å². The Morgan fingerprint density at radius 1 is 0.806 bits per heavy atom. The van der Waals surface area contributed by atoms with E-state index >= 15 is 0 Å². The van der Waals surface area contributed by atoms with Gasteiger partial charge in [0.25, 0.3) is 0 Å². The van der Waals surface area contributed by atoms with Gasteiger partial charge < -0.3 is 24.2 Å². The summed E-state index contributed by atoms with van der Waals surface area (Å²) in [6.45, 7) is 19.9. The number of nitrogens with one attached hydrogen (secondary N) is 1. The maximum atomic E-state index is 12.7. The minimum atomic E-state index is -0.543. The van der Waals surface area contributed by atoms with Crippen LogP contribution < -0.4 is 4.90 Å². The number of nitrogens with zero attached hydrogens (tertiary/aromatic N) is 2. The van der Waals surface area contributed by atoms with Crippen LogP contribution in [0.1, 0.15) is 73.6 Å². The summed E-state index contributed by atoms with van der Waals surface area (Å²) in [6, 6.07) is 0. The van der Waals surface area contributed by atoms with E-state index in [1.165, 1.54) is 24.2 Å². The molecule has 1 saturated heterocycles. The second kappa shape index (κ2) is 12.9. The molecule has 0 aliphatic carbocycles. The van der Waals surface area contributed by atoms with Crippen LogP contribution in [0.15, 0.2) is 12.7 Å². The molecule has 1 heterocycles. The van der Waals surface area contributed by atoms with Gasteiger partial charge in [-0.15, -0.1) is 6.58 Å². The van der Waals surface area contributed by atoms with Crippen LogP contribution in [0.2, 0.25) is 0 Å². The number of carbonyl (C=O) groups is 2. The quantitative estimate of drug-likeness (QED) is 0.486. The first-order valence-electron chi connectivity index (χ1n) is 11.8. The van der Waals surface area contributed by atoms with Crippen molar-refractivity contribution in [1.82, 2.24) is 9.80 Å². The summed E-state index contributed by atoms with van der Waals surface area (Å²) < 4.78 is 11.2. The largest absolute Gasteiger partial charge is 0.444 e. The normalized spacial score (nSPS) is 16.8. The molecule has 7 heteroatoms. The Morgan fingerprint density at radius 3 is 1.68 bits per heavy atom. The summed E-state index contributed by atoms with van der Waals surface area (Å²) in [5.74, 6) is 0. The molecule has 0 unspecified atom stereocenters. The first-order valence-corrected chi connectivity index (χ1v) is 11.8. The fourth-order valence-electron chi connectivity index (χ4n) is 3.46. The summed E-state index contributed by atoms with van der Waals surface area (Å²) in [4.78, 5) is 30.3. The molecule has 0 aromatic heterocycles. The number of ether oxygens (including phenoxy) is 2. The van der Waals surface area contributed by atoms with Crippen LogP contribution in [0.25, 0.3) is 0 Å². The van der Waals surface area contributed by atoms with E-state index in [0.717, 1.165) is 32.5 Å². The average Bonchev–Trinajstić information content (AvgIpc) is 2.72. The Labute approximate surface area is 189 Å². The van der Waals surface area contributed by atoms with E-state index in [-0.39, 0.29) is 12.2 Å². The summed E-state index contributed by atoms with van der Waals surface area (Å²) >= 11 is 0. The standard InChI is InChI=1S/C24H45N3O4/c1-8-9-10-11-12-13-14-25-15-17-26(21(28)30-23(2,3)4)19-20-27(18-16-25)22(29)31-24(5,6)7/h8H,1,9-20H2,2-7H3/p+1. The van der Waals surface area contributed by atoms with Crippen molar-refractivity contribution in [1.29, 1.82) is 0 Å². The molecule has 1 rings (SSSR count). The van der Waals surface area contributed by atoms with E-state index in [2.05, 4.69) is 6.58 Å². The molecule has 0 saturated carbocycles. The van der Waals surface area contributed by atoms with Crippen molar-refractivity contribution in [3.8, 4) is 0 Å². The second-order valence-corrected chi connectivity index (χ2v) is 10.4. The fourth-order valence-corrected chi connectivity index (χ4v) is 3.46. The lowest BCUT2D eigenvalue weighted by Crippen LogP contribution is -3.13. The first kappa shape index (κ1) is 27.3. The fraction of sp³-hybridized carbons (Fsp3) is 0.833. The molecule has 1 N–H and O–H groups in total. The Balaban J connectivity index is 2.77. The lowest BCUT2D eigenvalue weighted by atomic mass is 10.1. The zero-order valence-corrected chi connectivity index (χ0v) is 20.8. The van der Waals surface area contributed by atoms with Crippen molar-refractivity contribution < 1.29 is 24.0 Å². The Kier molecular flexibility index (Phi) is 11.4. The molecule has 0 spiro atoms. The molecule has 0 atom stereocenters. The van der Waals surface area contributed by atoms with Gasteiger partial charge >= 0.3 is 12.2 Å². The lowest BCUT2D eigenvalue weighted by Gasteiger charge is -2.29. The van der Waals surface area contributed by atoms with Crippen LogP contribution in [-0.4, -0.2) is 79.0 Å². The molecule has 1 aliphatic heterocycles. The third kappa shape index (κ3) is 12.6. The Hall–Kier alpha value is -1.76. The smallest absolute Gasteiger partial charge is 0.410 e. The van der Waals surface area contributed by atoms with Gasteiger partial charge in [-0.2, -0.15) is 0 Å². The summed E-state index contributed by atoms with van der Waals surface area (Å²) in [5, 5.41) is 0. The van der Waals surface area contributed by atoms with Crippen LogP contribution >= 0.6 is 0 Å². The van der Waals surface area contributed by atoms with Crippen LogP contribution in [0.5, 0.6) is 0 Å². The summed E-state index contributed by atoms with van der Waals surface area (Å²) in [6.07, 6.45) is 7.17. The monoisotopic (exact) mass is 440 g/mol. The van der Waals surface area contributed by atoms with Crippen LogP contribution in [0, 0.1) is 0 Å². The van der Waals surface area contributed by atoms with Crippen LogP contribution in [0.4, 0.5) is 9.59 Å². The minimum absolute atomic E-state index is 0.317. The summed E-state index contributed by atoms with van der Waals surface area (Å²) in [7, 11) is 0. The van der Waals surface area contributed by atoms with Crippen LogP contribution in [0.3, 0.4) is 0 Å². The van der Waals surface area contributed by atoms with Gasteiger partial charge in [-0.1, -0.05) is 12.5 Å². The van der Waals surface area contributed by atoms with E-state index in [4.69, 9.17) is 9.47 Å². The van der Waals surface area contributed by atoms with Crippen molar-refractivity contribution in [3.05, 3.63) is 12.7 Å². The van der Waals surface area contributed by atoms with Gasteiger partial charge in [0.2, 0.25) is 0 Å². The summed E-state index contributed by atoms with van der Waals surface area (Å²) in [5.41, 5.74) is -1.09. The molecular formula is C24H46N3O4+. The molecule has 0 aromatic carbocycles. The average molecular weight is 441 g/mol. The Bertz CT molecular complexity index is 526. The molecule has 1 aliphatic rings. The zero-order valence-electron chi connectivity index (χ0n) is 20.8. The van der Waals surface area contributed by atoms with Gasteiger partial charge in [0.15, 0.2) is 0 Å². The van der Waals surface area contributed by atoms with Crippen molar-refractivity contribution in [3.63, 3.8) is 0 Å². The molecule has 180 valence electrons. The number of unbranched alkanes of at least 4 members (excludes halogenated alkanes) is 4. The van der Waals surface area contributed by atoms with Crippen molar-refractivity contribution in [2.45, 2.75) is 84.8 Å². The highest BCUT2D eigenvalue weighted by Gasteiger charge is 2.28. The highest BCUT2D eigenvalue weighted by molar-refractivity contribution is 5.69. The van der Waals surface area contributed by atoms with Crippen molar-refractivity contribution in [2.24, 2.45) is 0 Å². The number of hydrogen-bond donors (Lipinski definition) is 1. The Morgan fingerprint density at radius 2 is 1.26 bits per heavy atom. The highest BCUT2D eigenvalue weighted by atomic mass is 16.6. The van der Waals surface area contributed by atoms with Gasteiger partial charge in [0.1, 0.15) is 11.2 Å². The van der Waals surface area contributed by atoms with Gasteiger partial charge in [0, 0.05) is 13.1 Å². The predicted molar refractivity (Wildman–Crippen MR) is 124 cm³/mol. The van der Waals surface area contributed by atoms with E-state index in [1.54, 1.807) is 9.80 Å². The minimum Gasteiger partial charge on any atom is -0.444 e. The highest BCUT2D eigenvalue weighted by Crippen LogP contribution is 2.12. The third-order valence-electron chi connectivity index (χ3n) is 5.10. The first-order chi connectivity index (χ1) is 14.4. The van der Waals surface area contributed by atoms with Crippen LogP contribution in [-0.2, 0) is 9.47 Å². The SMILES string of the molecule is C=CCCCCCC[NH+]1CCN(C(=O)OC(C)(C)C)CCN(C(=O)OC(C)(C)C)CC1. The molecule has 7 nitrogen and oxygen atoms in total. The lowest BCUT2D eigenvalue weighted by molar-refractivity contribution is -0.898. The molecule has 31 heavy (non-hydrogen) atoms. The van der Waals surface area contributed by atoms with Gasteiger partial charge in [-0.25, -0.2) is 9.59 Å². The van der Waals surface area contributed by atoms with Gasteiger partial charge in [0.05, 0.1) is 32.7 Å². The molecule has 0 bridgehead atoms. The molecule has 2 amide bonds. The maximum absolute atomic E-state index is 12.7. The van der Waals surface area contributed by atoms with E-state index in [0.29, 0.717) is 26.2 Å². The zero-order chi connectivity index (χ0) is 23.5. The topological polar surface area (TPSA) is 63.5 Å². The third-order valence-corrected chi connectivity index (χ3v) is 5.10. The molecule has 0 aromatic rings. The van der Waals surface area contributed by atoms with E-state index in [9.17, 15) is 9.59 Å². The van der Waals surface area contributed by atoms with E-state index in [1.807, 2.05) is 47.6 Å². The number of allylic oxidation sites excluding steroid dienone is 1. The molecule has 1 fully saturated rings. The van der Waals surface area contributed by atoms with E-state index < -0.39 is 11.2 Å². The van der Waals surface area contributed by atoms with Crippen molar-refractivity contribution in [2.75, 3.05) is 45.8 Å². The number of amides is 2. The number of rotatable bonds is 7. The predicted octanol–water partition coefficient (Wildman–Crippen LogP) is 3.50. The maximum Gasteiger partial charge on any atom is 0.410 e. The number of carbonyl (C=O) groups excluding carboxylic acids is 2. The van der Waals surface area contributed by atoms with Gasteiger partial charge in [-0.05, 0) is 67.2 Å². The van der Waals surface area contributed by atoms with Gasteiger partial charge in [-0.3, -0.25) is 0 Å².